The summed E-state index contributed by atoms with van der Waals surface area (Å²) >= 11 is 0. The zero-order valence-corrected chi connectivity index (χ0v) is 14.8. The summed E-state index contributed by atoms with van der Waals surface area (Å²) in [6.45, 7) is 1.17. The smallest absolute Gasteiger partial charge is 0.352 e. The molecule has 0 atom stereocenters. The van der Waals surface area contributed by atoms with Crippen molar-refractivity contribution in [1.82, 2.24) is 9.88 Å². The Morgan fingerprint density at radius 3 is 2.46 bits per heavy atom. The third kappa shape index (κ3) is 3.25. The molecule has 0 amide bonds. The summed E-state index contributed by atoms with van der Waals surface area (Å²) in [6.07, 6.45) is 4.90. The first-order chi connectivity index (χ1) is 12.7. The highest BCUT2D eigenvalue weighted by Gasteiger charge is 2.23. The first-order valence-corrected chi connectivity index (χ1v) is 9.35. The van der Waals surface area contributed by atoms with Crippen molar-refractivity contribution in [3.8, 4) is 0 Å². The lowest BCUT2D eigenvalue weighted by Gasteiger charge is -2.13. The number of fused-ring (bicyclic) bond motifs is 1. The summed E-state index contributed by atoms with van der Waals surface area (Å²) < 4.78 is 1.94. The van der Waals surface area contributed by atoms with Crippen molar-refractivity contribution in [3.63, 3.8) is 0 Å². The van der Waals surface area contributed by atoms with Crippen LogP contribution in [-0.2, 0) is 13.1 Å². The minimum absolute atomic E-state index is 0.403. The fourth-order valence-corrected chi connectivity index (χ4v) is 4.11. The molecule has 1 aromatic heterocycles. The summed E-state index contributed by atoms with van der Waals surface area (Å²) in [5.74, 6) is -0.861. The fraction of sp³-hybridized carbons (Fsp3) is 0.318. The van der Waals surface area contributed by atoms with Crippen LogP contribution in [0.3, 0.4) is 0 Å². The van der Waals surface area contributed by atoms with Crippen molar-refractivity contribution in [2.24, 2.45) is 0 Å². The van der Waals surface area contributed by atoms with Crippen LogP contribution in [-0.4, -0.2) is 21.7 Å². The number of aromatic carboxylic acids is 1. The van der Waals surface area contributed by atoms with Gasteiger partial charge in [-0.15, -0.1) is 0 Å². The normalized spacial score (nSPS) is 14.9. The molecule has 26 heavy (non-hydrogen) atoms. The second-order valence-electron chi connectivity index (χ2n) is 7.08. The van der Waals surface area contributed by atoms with Gasteiger partial charge >= 0.3 is 5.97 Å². The minimum Gasteiger partial charge on any atom is -0.477 e. The predicted molar refractivity (Wildman–Crippen MR) is 104 cm³/mol. The Hall–Kier alpha value is -2.59. The Balaban J connectivity index is 1.76. The van der Waals surface area contributed by atoms with Gasteiger partial charge in [-0.3, -0.25) is 0 Å². The highest BCUT2D eigenvalue weighted by Crippen LogP contribution is 2.28. The van der Waals surface area contributed by atoms with E-state index in [1.807, 2.05) is 59.2 Å². The van der Waals surface area contributed by atoms with Gasteiger partial charge in [0.25, 0.3) is 0 Å². The van der Waals surface area contributed by atoms with Crippen molar-refractivity contribution in [1.29, 1.82) is 0 Å². The van der Waals surface area contributed by atoms with Crippen molar-refractivity contribution >= 4 is 16.9 Å². The highest BCUT2D eigenvalue weighted by molar-refractivity contribution is 5.98. The molecule has 1 aliphatic carbocycles. The lowest BCUT2D eigenvalue weighted by molar-refractivity contribution is 0.0684. The second-order valence-corrected chi connectivity index (χ2v) is 7.08. The third-order valence-corrected chi connectivity index (χ3v) is 5.38. The van der Waals surface area contributed by atoms with Crippen LogP contribution in [0.25, 0.3) is 10.9 Å². The lowest BCUT2D eigenvalue weighted by atomic mass is 10.1. The summed E-state index contributed by atoms with van der Waals surface area (Å²) in [7, 11) is 0. The fourth-order valence-electron chi connectivity index (χ4n) is 4.11. The third-order valence-electron chi connectivity index (χ3n) is 5.38. The van der Waals surface area contributed by atoms with Crippen molar-refractivity contribution in [3.05, 3.63) is 71.4 Å². The monoisotopic (exact) mass is 348 g/mol. The molecule has 4 nitrogen and oxygen atoms in total. The van der Waals surface area contributed by atoms with E-state index >= 15 is 0 Å². The molecule has 4 heteroatoms. The maximum absolute atomic E-state index is 12.1. The maximum atomic E-state index is 12.1. The Morgan fingerprint density at radius 1 is 1.04 bits per heavy atom. The molecule has 1 aliphatic rings. The van der Waals surface area contributed by atoms with Gasteiger partial charge < -0.3 is 15.0 Å². The number of carboxylic acids is 1. The summed E-state index contributed by atoms with van der Waals surface area (Å²) in [5.41, 5.74) is 3.39. The van der Waals surface area contributed by atoms with Gasteiger partial charge in [-0.1, -0.05) is 61.4 Å². The summed E-state index contributed by atoms with van der Waals surface area (Å²) in [4.78, 5) is 12.1. The van der Waals surface area contributed by atoms with Crippen LogP contribution >= 0.6 is 0 Å². The highest BCUT2D eigenvalue weighted by atomic mass is 16.4. The van der Waals surface area contributed by atoms with Crippen LogP contribution in [0.15, 0.2) is 54.6 Å². The standard InChI is InChI=1S/C22H24N2O2/c25-22(26)21-19(14-23-17-10-4-5-11-17)18-12-6-7-13-20(18)24(21)15-16-8-2-1-3-9-16/h1-3,6-9,12-13,17,23H,4-5,10-11,14-15H2,(H,25,26). The van der Waals surface area contributed by atoms with E-state index in [0.29, 0.717) is 24.8 Å². The van der Waals surface area contributed by atoms with Gasteiger partial charge in [0.05, 0.1) is 0 Å². The van der Waals surface area contributed by atoms with Crippen molar-refractivity contribution < 1.29 is 9.90 Å². The number of carboxylic acid groups (broad SMARTS) is 1. The Bertz CT molecular complexity index is 909. The Kier molecular flexibility index (Phi) is 4.76. The number of nitrogens with zero attached hydrogens (tertiary/aromatic N) is 1. The molecule has 0 radical (unpaired) electrons. The first kappa shape index (κ1) is 16.9. The topological polar surface area (TPSA) is 54.3 Å². The lowest BCUT2D eigenvalue weighted by Crippen LogP contribution is -2.26. The van der Waals surface area contributed by atoms with Gasteiger partial charge in [-0.05, 0) is 24.5 Å². The SMILES string of the molecule is O=C(O)c1c(CNC2CCCC2)c2ccccc2n1Cc1ccccc1. The number of rotatable bonds is 6. The van der Waals surface area contributed by atoms with E-state index in [4.69, 9.17) is 0 Å². The molecule has 1 saturated carbocycles. The molecule has 0 saturated heterocycles. The number of hydrogen-bond acceptors (Lipinski definition) is 2. The molecule has 1 fully saturated rings. The molecule has 1 heterocycles. The average Bonchev–Trinajstić information content (AvgIpc) is 3.27. The van der Waals surface area contributed by atoms with E-state index in [0.717, 1.165) is 22.0 Å². The molecule has 2 N–H and O–H groups in total. The number of benzene rings is 2. The Labute approximate surface area is 153 Å². The maximum Gasteiger partial charge on any atom is 0.352 e. The quantitative estimate of drug-likeness (QED) is 0.693. The molecular weight excluding hydrogens is 324 g/mol. The van der Waals surface area contributed by atoms with Crippen LogP contribution in [0.1, 0.15) is 47.3 Å². The molecule has 2 aromatic carbocycles. The van der Waals surface area contributed by atoms with Gasteiger partial charge in [0, 0.05) is 35.6 Å². The molecule has 0 aliphatic heterocycles. The second kappa shape index (κ2) is 7.34. The van der Waals surface area contributed by atoms with Gasteiger partial charge in [-0.25, -0.2) is 4.79 Å². The zero-order chi connectivity index (χ0) is 17.9. The van der Waals surface area contributed by atoms with Gasteiger partial charge in [0.15, 0.2) is 0 Å². The number of nitrogens with one attached hydrogen (secondary N) is 1. The number of aromatic nitrogens is 1. The zero-order valence-electron chi connectivity index (χ0n) is 14.8. The van der Waals surface area contributed by atoms with Crippen LogP contribution in [0.4, 0.5) is 0 Å². The van der Waals surface area contributed by atoms with Crippen molar-refractivity contribution in [2.45, 2.75) is 44.8 Å². The summed E-state index contributed by atoms with van der Waals surface area (Å²) in [5, 5.41) is 14.6. The Morgan fingerprint density at radius 2 is 1.73 bits per heavy atom. The number of hydrogen-bond donors (Lipinski definition) is 2. The molecule has 0 bridgehead atoms. The minimum atomic E-state index is -0.861. The molecule has 0 unspecified atom stereocenters. The molecular formula is C22H24N2O2. The average molecular weight is 348 g/mol. The number of carbonyl (C=O) groups is 1. The first-order valence-electron chi connectivity index (χ1n) is 9.35. The summed E-state index contributed by atoms with van der Waals surface area (Å²) in [6, 6.07) is 18.6. The van der Waals surface area contributed by atoms with Crippen LogP contribution in [0.2, 0.25) is 0 Å². The molecule has 4 rings (SSSR count). The van der Waals surface area contributed by atoms with Gasteiger partial charge in [0.1, 0.15) is 5.69 Å². The van der Waals surface area contributed by atoms with E-state index in [-0.39, 0.29) is 0 Å². The van der Waals surface area contributed by atoms with Crippen molar-refractivity contribution in [2.75, 3.05) is 0 Å². The van der Waals surface area contributed by atoms with Crippen LogP contribution in [0, 0.1) is 0 Å². The largest absolute Gasteiger partial charge is 0.477 e. The molecule has 134 valence electrons. The molecule has 3 aromatic rings. The molecule has 0 spiro atoms. The van der Waals surface area contributed by atoms with E-state index < -0.39 is 5.97 Å². The van der Waals surface area contributed by atoms with E-state index in [9.17, 15) is 9.90 Å². The predicted octanol–water partition coefficient (Wildman–Crippen LogP) is 4.42. The van der Waals surface area contributed by atoms with Gasteiger partial charge in [-0.2, -0.15) is 0 Å². The number of para-hydroxylation sites is 1. The van der Waals surface area contributed by atoms with Crippen LogP contribution in [0.5, 0.6) is 0 Å². The van der Waals surface area contributed by atoms with E-state index in [1.165, 1.54) is 25.7 Å². The van der Waals surface area contributed by atoms with E-state index in [2.05, 4.69) is 5.32 Å². The van der Waals surface area contributed by atoms with E-state index in [1.54, 1.807) is 0 Å². The van der Waals surface area contributed by atoms with Gasteiger partial charge in [0.2, 0.25) is 0 Å². The van der Waals surface area contributed by atoms with Crippen LogP contribution < -0.4 is 5.32 Å².